The predicted molar refractivity (Wildman–Crippen MR) is 88.3 cm³/mol. The molecule has 0 amide bonds. The molecule has 118 valence electrons. The summed E-state index contributed by atoms with van der Waals surface area (Å²) in [6.45, 7) is 5.27. The minimum atomic E-state index is -0.579. The van der Waals surface area contributed by atoms with E-state index in [1.165, 1.54) is 6.92 Å². The zero-order valence-electron chi connectivity index (χ0n) is 12.8. The van der Waals surface area contributed by atoms with Gasteiger partial charge in [0.05, 0.1) is 18.7 Å². The van der Waals surface area contributed by atoms with E-state index in [2.05, 4.69) is 5.32 Å². The number of allylic oxidation sites excluding steroid dienone is 1. The van der Waals surface area contributed by atoms with Crippen LogP contribution in [0, 0.1) is 0 Å². The summed E-state index contributed by atoms with van der Waals surface area (Å²) in [5.41, 5.74) is 1.84. The predicted octanol–water partition coefficient (Wildman–Crippen LogP) is 1.87. The van der Waals surface area contributed by atoms with Gasteiger partial charge in [0.2, 0.25) is 0 Å². The maximum Gasteiger partial charge on any atom is 0.174 e. The van der Waals surface area contributed by atoms with Crippen molar-refractivity contribution in [1.82, 2.24) is 10.2 Å². The van der Waals surface area contributed by atoms with Crippen LogP contribution in [-0.2, 0) is 4.79 Å². The number of aromatic hydroxyl groups is 1. The molecule has 2 rings (SSSR count). The standard InChI is InChI=1S/C16H20N2O3S/c1-9(19)8-18-10(2)14(11(3)20)15(17-16(18)22)12-6-4-5-7-13(12)21/h4-7,9,15,19,21H,8H2,1-3H3,(H,17,22). The van der Waals surface area contributed by atoms with E-state index >= 15 is 0 Å². The van der Waals surface area contributed by atoms with E-state index < -0.39 is 12.1 Å². The second-order valence-corrected chi connectivity index (χ2v) is 5.84. The van der Waals surface area contributed by atoms with Crippen molar-refractivity contribution in [2.45, 2.75) is 32.9 Å². The lowest BCUT2D eigenvalue weighted by molar-refractivity contribution is -0.114. The van der Waals surface area contributed by atoms with Gasteiger partial charge in [-0.15, -0.1) is 0 Å². The Bertz CT molecular complexity index is 640. The number of nitrogens with zero attached hydrogens (tertiary/aromatic N) is 1. The van der Waals surface area contributed by atoms with Gasteiger partial charge in [-0.05, 0) is 39.1 Å². The first kappa shape index (κ1) is 16.5. The number of rotatable bonds is 4. The van der Waals surface area contributed by atoms with E-state index in [1.807, 2.05) is 0 Å². The fourth-order valence-corrected chi connectivity index (χ4v) is 3.02. The van der Waals surface area contributed by atoms with E-state index in [9.17, 15) is 15.0 Å². The van der Waals surface area contributed by atoms with Gasteiger partial charge in [0.1, 0.15) is 5.75 Å². The number of hydrogen-bond donors (Lipinski definition) is 3. The number of β-amino-alcohol motifs (C(OH)–C–C–N with tert-alkyl or cyclic N) is 1. The van der Waals surface area contributed by atoms with E-state index in [0.29, 0.717) is 28.5 Å². The van der Waals surface area contributed by atoms with Crippen molar-refractivity contribution in [2.75, 3.05) is 6.54 Å². The number of Topliss-reactive ketones (excluding diaryl/α,β-unsaturated/α-hetero) is 1. The third-order valence-corrected chi connectivity index (χ3v) is 4.01. The Labute approximate surface area is 135 Å². The molecule has 0 saturated heterocycles. The number of aliphatic hydroxyl groups is 1. The van der Waals surface area contributed by atoms with Gasteiger partial charge in [0.15, 0.2) is 10.9 Å². The summed E-state index contributed by atoms with van der Waals surface area (Å²) in [5.74, 6) is 0.00896. The molecule has 1 aliphatic heterocycles. The van der Waals surface area contributed by atoms with Gasteiger partial charge in [-0.1, -0.05) is 18.2 Å². The molecule has 0 spiro atoms. The average Bonchev–Trinajstić information content (AvgIpc) is 2.42. The molecule has 22 heavy (non-hydrogen) atoms. The molecule has 0 aromatic heterocycles. The van der Waals surface area contributed by atoms with Gasteiger partial charge in [-0.25, -0.2) is 0 Å². The number of hydrogen-bond acceptors (Lipinski definition) is 4. The molecule has 0 bridgehead atoms. The minimum absolute atomic E-state index is 0.101. The molecule has 5 nitrogen and oxygen atoms in total. The second kappa shape index (κ2) is 6.46. The summed E-state index contributed by atoms with van der Waals surface area (Å²) in [7, 11) is 0. The molecular formula is C16H20N2O3S. The first-order chi connectivity index (χ1) is 10.3. The van der Waals surface area contributed by atoms with Crippen LogP contribution in [0.3, 0.4) is 0 Å². The van der Waals surface area contributed by atoms with Crippen LogP contribution >= 0.6 is 12.2 Å². The summed E-state index contributed by atoms with van der Waals surface area (Å²) in [6.07, 6.45) is -0.579. The monoisotopic (exact) mass is 320 g/mol. The fraction of sp³-hybridized carbons (Fsp3) is 0.375. The van der Waals surface area contributed by atoms with E-state index in [-0.39, 0.29) is 11.5 Å². The summed E-state index contributed by atoms with van der Waals surface area (Å²) < 4.78 is 0. The lowest BCUT2D eigenvalue weighted by atomic mass is 9.92. The van der Waals surface area contributed by atoms with Crippen LogP contribution in [0.5, 0.6) is 5.75 Å². The molecule has 1 heterocycles. The van der Waals surface area contributed by atoms with Gasteiger partial charge in [0.25, 0.3) is 0 Å². The van der Waals surface area contributed by atoms with Crippen molar-refractivity contribution < 1.29 is 15.0 Å². The quantitative estimate of drug-likeness (QED) is 0.736. The summed E-state index contributed by atoms with van der Waals surface area (Å²) in [4.78, 5) is 13.8. The number of carbonyl (C=O) groups excluding carboxylic acids is 1. The van der Waals surface area contributed by atoms with Gasteiger partial charge in [0, 0.05) is 16.8 Å². The molecule has 1 aromatic carbocycles. The molecule has 0 fully saturated rings. The maximum absolute atomic E-state index is 12.1. The Balaban J connectivity index is 2.53. The normalized spacial score (nSPS) is 19.9. The van der Waals surface area contributed by atoms with Crippen LogP contribution in [0.4, 0.5) is 0 Å². The highest BCUT2D eigenvalue weighted by molar-refractivity contribution is 7.80. The molecule has 2 atom stereocenters. The van der Waals surface area contributed by atoms with Crippen LogP contribution in [0.15, 0.2) is 35.5 Å². The minimum Gasteiger partial charge on any atom is -0.508 e. The maximum atomic E-state index is 12.1. The Morgan fingerprint density at radius 2 is 2.09 bits per heavy atom. The molecule has 3 N–H and O–H groups in total. The Morgan fingerprint density at radius 1 is 1.45 bits per heavy atom. The number of aliphatic hydroxyl groups excluding tert-OH is 1. The molecule has 2 unspecified atom stereocenters. The third-order valence-electron chi connectivity index (χ3n) is 3.67. The third kappa shape index (κ3) is 3.13. The van der Waals surface area contributed by atoms with Crippen molar-refractivity contribution in [2.24, 2.45) is 0 Å². The highest BCUT2D eigenvalue weighted by Crippen LogP contribution is 2.35. The second-order valence-electron chi connectivity index (χ2n) is 5.46. The van der Waals surface area contributed by atoms with Crippen LogP contribution in [0.2, 0.25) is 0 Å². The zero-order chi connectivity index (χ0) is 16.4. The summed E-state index contributed by atoms with van der Waals surface area (Å²) in [5, 5.41) is 23.2. The number of phenolic OH excluding ortho intramolecular Hbond substituents is 1. The van der Waals surface area contributed by atoms with Crippen molar-refractivity contribution in [3.8, 4) is 5.75 Å². The van der Waals surface area contributed by atoms with Gasteiger partial charge >= 0.3 is 0 Å². The Kier molecular flexibility index (Phi) is 4.83. The number of nitrogens with one attached hydrogen (secondary N) is 1. The lowest BCUT2D eigenvalue weighted by Crippen LogP contribution is -2.49. The largest absolute Gasteiger partial charge is 0.508 e. The van der Waals surface area contributed by atoms with Gasteiger partial charge in [-0.3, -0.25) is 4.79 Å². The SMILES string of the molecule is CC(=O)C1=C(C)N(CC(C)O)C(=S)NC1c1ccccc1O. The average molecular weight is 320 g/mol. The number of carbonyl (C=O) groups is 1. The Morgan fingerprint density at radius 3 is 2.64 bits per heavy atom. The summed E-state index contributed by atoms with van der Waals surface area (Å²) in [6, 6.07) is 6.38. The molecule has 6 heteroatoms. The first-order valence-electron chi connectivity index (χ1n) is 7.08. The number of phenols is 1. The van der Waals surface area contributed by atoms with Gasteiger partial charge < -0.3 is 20.4 Å². The molecule has 1 aliphatic rings. The molecule has 0 saturated carbocycles. The van der Waals surface area contributed by atoms with Crippen molar-refractivity contribution in [1.29, 1.82) is 0 Å². The highest BCUT2D eigenvalue weighted by Gasteiger charge is 2.33. The topological polar surface area (TPSA) is 72.8 Å². The number of para-hydroxylation sites is 1. The number of thiocarbonyl (C=S) groups is 1. The van der Waals surface area contributed by atoms with Crippen LogP contribution in [0.25, 0.3) is 0 Å². The fourth-order valence-electron chi connectivity index (χ4n) is 2.69. The smallest absolute Gasteiger partial charge is 0.174 e. The van der Waals surface area contributed by atoms with E-state index in [1.54, 1.807) is 43.0 Å². The van der Waals surface area contributed by atoms with Crippen molar-refractivity contribution in [3.63, 3.8) is 0 Å². The van der Waals surface area contributed by atoms with Crippen molar-refractivity contribution in [3.05, 3.63) is 41.1 Å². The molecule has 0 radical (unpaired) electrons. The lowest BCUT2D eigenvalue weighted by Gasteiger charge is -2.38. The number of ketones is 1. The number of benzene rings is 1. The van der Waals surface area contributed by atoms with Gasteiger partial charge in [-0.2, -0.15) is 0 Å². The highest BCUT2D eigenvalue weighted by atomic mass is 32.1. The first-order valence-corrected chi connectivity index (χ1v) is 7.49. The summed E-state index contributed by atoms with van der Waals surface area (Å²) >= 11 is 5.36. The van der Waals surface area contributed by atoms with E-state index in [0.717, 1.165) is 0 Å². The van der Waals surface area contributed by atoms with E-state index in [4.69, 9.17) is 12.2 Å². The van der Waals surface area contributed by atoms with Crippen LogP contribution in [0.1, 0.15) is 32.4 Å². The van der Waals surface area contributed by atoms with Crippen molar-refractivity contribution >= 4 is 23.1 Å². The Hall–Kier alpha value is -1.92. The van der Waals surface area contributed by atoms with Crippen LogP contribution < -0.4 is 5.32 Å². The zero-order valence-corrected chi connectivity index (χ0v) is 13.6. The molecule has 0 aliphatic carbocycles. The van der Waals surface area contributed by atoms with Crippen LogP contribution in [-0.4, -0.2) is 38.7 Å². The molecule has 1 aromatic rings. The molecular weight excluding hydrogens is 300 g/mol.